The zero-order valence-corrected chi connectivity index (χ0v) is 12.2. The van der Waals surface area contributed by atoms with Gasteiger partial charge in [0.15, 0.2) is 0 Å². The Morgan fingerprint density at radius 1 is 1.48 bits per heavy atom. The first-order chi connectivity index (χ1) is 10.1. The van der Waals surface area contributed by atoms with Gasteiger partial charge in [0.25, 0.3) is 0 Å². The lowest BCUT2D eigenvalue weighted by Gasteiger charge is -2.18. The minimum Gasteiger partial charge on any atom is -0.448 e. The van der Waals surface area contributed by atoms with E-state index in [-0.39, 0.29) is 18.3 Å². The molecule has 2 aromatic rings. The summed E-state index contributed by atoms with van der Waals surface area (Å²) in [5.74, 6) is 0.489. The van der Waals surface area contributed by atoms with Crippen LogP contribution in [0.4, 0.5) is 9.18 Å². The Morgan fingerprint density at radius 2 is 2.19 bits per heavy atom. The summed E-state index contributed by atoms with van der Waals surface area (Å²) in [7, 11) is 1.81. The number of rotatable bonds is 5. The Morgan fingerprint density at radius 3 is 2.76 bits per heavy atom. The molecule has 112 valence electrons. The minimum atomic E-state index is -0.604. The first kappa shape index (κ1) is 15.3. The Hall–Kier alpha value is -2.08. The number of benzene rings is 1. The SMILES string of the molecule is Cn1ccnc1C(NC(=O)OCCCl)c1ccc(F)cc1. The van der Waals surface area contributed by atoms with Crippen molar-refractivity contribution in [2.75, 3.05) is 12.5 Å². The van der Waals surface area contributed by atoms with Crippen molar-refractivity contribution in [1.29, 1.82) is 0 Å². The van der Waals surface area contributed by atoms with Crippen LogP contribution in [0.5, 0.6) is 0 Å². The van der Waals surface area contributed by atoms with Gasteiger partial charge in [-0.2, -0.15) is 0 Å². The van der Waals surface area contributed by atoms with E-state index in [0.29, 0.717) is 11.4 Å². The van der Waals surface area contributed by atoms with Crippen molar-refractivity contribution in [2.24, 2.45) is 7.05 Å². The van der Waals surface area contributed by atoms with Crippen molar-refractivity contribution < 1.29 is 13.9 Å². The molecule has 0 bridgehead atoms. The number of ether oxygens (including phenoxy) is 1. The van der Waals surface area contributed by atoms with Gasteiger partial charge in [-0.3, -0.25) is 0 Å². The molecule has 0 saturated heterocycles. The molecular formula is C14H15ClFN3O2. The standard InChI is InChI=1S/C14H15ClFN3O2/c1-19-8-7-17-13(19)12(18-14(20)21-9-6-15)10-2-4-11(16)5-3-10/h2-5,7-8,12H,6,9H2,1H3,(H,18,20). The van der Waals surface area contributed by atoms with Crippen LogP contribution in [0.25, 0.3) is 0 Å². The Bertz CT molecular complexity index is 601. The van der Waals surface area contributed by atoms with Gasteiger partial charge in [-0.15, -0.1) is 11.6 Å². The molecule has 1 amide bonds. The fraction of sp³-hybridized carbons (Fsp3) is 0.286. The van der Waals surface area contributed by atoms with Crippen LogP contribution in [-0.2, 0) is 11.8 Å². The number of imidazole rings is 1. The largest absolute Gasteiger partial charge is 0.448 e. The Labute approximate surface area is 126 Å². The van der Waals surface area contributed by atoms with Crippen LogP contribution in [0, 0.1) is 5.82 Å². The predicted octanol–water partition coefficient (Wildman–Crippen LogP) is 2.61. The van der Waals surface area contributed by atoms with Crippen LogP contribution < -0.4 is 5.32 Å². The van der Waals surface area contributed by atoms with E-state index in [4.69, 9.17) is 16.3 Å². The highest BCUT2D eigenvalue weighted by atomic mass is 35.5. The maximum Gasteiger partial charge on any atom is 0.408 e. The summed E-state index contributed by atoms with van der Waals surface area (Å²) in [5.41, 5.74) is 0.702. The van der Waals surface area contributed by atoms with E-state index in [1.165, 1.54) is 12.1 Å². The zero-order valence-electron chi connectivity index (χ0n) is 11.4. The number of aryl methyl sites for hydroxylation is 1. The second-order valence-corrected chi connectivity index (χ2v) is 4.73. The highest BCUT2D eigenvalue weighted by molar-refractivity contribution is 6.18. The zero-order chi connectivity index (χ0) is 15.2. The molecule has 1 unspecified atom stereocenters. The number of halogens is 2. The van der Waals surface area contributed by atoms with Crippen molar-refractivity contribution in [3.8, 4) is 0 Å². The highest BCUT2D eigenvalue weighted by Crippen LogP contribution is 2.20. The molecule has 0 aliphatic carbocycles. The third-order valence-electron chi connectivity index (χ3n) is 2.89. The number of carbonyl (C=O) groups is 1. The molecule has 7 heteroatoms. The highest BCUT2D eigenvalue weighted by Gasteiger charge is 2.21. The van der Waals surface area contributed by atoms with Gasteiger partial charge in [0.2, 0.25) is 0 Å². The number of nitrogens with one attached hydrogen (secondary N) is 1. The molecule has 1 aromatic heterocycles. The van der Waals surface area contributed by atoms with Gasteiger partial charge < -0.3 is 14.6 Å². The van der Waals surface area contributed by atoms with Gasteiger partial charge in [0, 0.05) is 19.4 Å². The van der Waals surface area contributed by atoms with E-state index in [9.17, 15) is 9.18 Å². The maximum atomic E-state index is 13.1. The number of alkyl carbamates (subject to hydrolysis) is 1. The van der Waals surface area contributed by atoms with E-state index >= 15 is 0 Å². The lowest BCUT2D eigenvalue weighted by Crippen LogP contribution is -2.32. The number of carbonyl (C=O) groups excluding carboxylic acids is 1. The number of nitrogens with zero attached hydrogens (tertiary/aromatic N) is 2. The number of amides is 1. The van der Waals surface area contributed by atoms with E-state index < -0.39 is 12.1 Å². The molecule has 0 fully saturated rings. The molecule has 0 aliphatic rings. The van der Waals surface area contributed by atoms with Gasteiger partial charge in [-0.1, -0.05) is 12.1 Å². The van der Waals surface area contributed by atoms with E-state index in [0.717, 1.165) is 0 Å². The average Bonchev–Trinajstić information content (AvgIpc) is 2.89. The first-order valence-corrected chi connectivity index (χ1v) is 6.87. The molecule has 1 atom stereocenters. The van der Waals surface area contributed by atoms with Gasteiger partial charge in [0.05, 0.1) is 5.88 Å². The van der Waals surface area contributed by atoms with Crippen LogP contribution in [0.1, 0.15) is 17.4 Å². The molecule has 1 heterocycles. The summed E-state index contributed by atoms with van der Waals surface area (Å²) in [6, 6.07) is 5.31. The van der Waals surface area contributed by atoms with E-state index in [1.807, 2.05) is 7.05 Å². The maximum absolute atomic E-state index is 13.1. The summed E-state index contributed by atoms with van der Waals surface area (Å²) >= 11 is 5.48. The lowest BCUT2D eigenvalue weighted by molar-refractivity contribution is 0.150. The van der Waals surface area contributed by atoms with Crippen molar-refractivity contribution in [2.45, 2.75) is 6.04 Å². The van der Waals surface area contributed by atoms with Crippen LogP contribution >= 0.6 is 11.6 Å². The van der Waals surface area contributed by atoms with Crippen molar-refractivity contribution >= 4 is 17.7 Å². The average molecular weight is 312 g/mol. The summed E-state index contributed by atoms with van der Waals surface area (Å²) in [6.45, 7) is 0.115. The third-order valence-corrected chi connectivity index (χ3v) is 3.05. The van der Waals surface area contributed by atoms with Gasteiger partial charge >= 0.3 is 6.09 Å². The normalized spacial score (nSPS) is 12.0. The minimum absolute atomic E-state index is 0.115. The van der Waals surface area contributed by atoms with Gasteiger partial charge in [-0.05, 0) is 17.7 Å². The summed E-state index contributed by atoms with van der Waals surface area (Å²) in [4.78, 5) is 16.0. The molecule has 0 aliphatic heterocycles. The number of alkyl halides is 1. The molecule has 0 radical (unpaired) electrons. The van der Waals surface area contributed by atoms with Crippen LogP contribution in [0.2, 0.25) is 0 Å². The number of hydrogen-bond acceptors (Lipinski definition) is 3. The predicted molar refractivity (Wildman–Crippen MR) is 76.7 cm³/mol. The molecule has 21 heavy (non-hydrogen) atoms. The van der Waals surface area contributed by atoms with Crippen LogP contribution in [0.3, 0.4) is 0 Å². The van der Waals surface area contributed by atoms with Crippen molar-refractivity contribution in [3.63, 3.8) is 0 Å². The van der Waals surface area contributed by atoms with Gasteiger partial charge in [-0.25, -0.2) is 14.2 Å². The molecule has 1 aromatic carbocycles. The fourth-order valence-corrected chi connectivity index (χ4v) is 1.98. The topological polar surface area (TPSA) is 56.2 Å². The fourth-order valence-electron chi connectivity index (χ4n) is 1.90. The van der Waals surface area contributed by atoms with Crippen LogP contribution in [0.15, 0.2) is 36.7 Å². The second kappa shape index (κ2) is 7.08. The molecular weight excluding hydrogens is 297 g/mol. The molecule has 0 spiro atoms. The monoisotopic (exact) mass is 311 g/mol. The van der Waals surface area contributed by atoms with E-state index in [1.54, 1.807) is 29.1 Å². The molecule has 1 N–H and O–H groups in total. The first-order valence-electron chi connectivity index (χ1n) is 6.33. The summed E-state index contributed by atoms with van der Waals surface area (Å²) in [6.07, 6.45) is 2.78. The molecule has 0 saturated carbocycles. The van der Waals surface area contributed by atoms with Gasteiger partial charge in [0.1, 0.15) is 24.3 Å². The van der Waals surface area contributed by atoms with Crippen molar-refractivity contribution in [3.05, 3.63) is 53.9 Å². The molecule has 5 nitrogen and oxygen atoms in total. The van der Waals surface area contributed by atoms with E-state index in [2.05, 4.69) is 10.3 Å². The third kappa shape index (κ3) is 3.95. The second-order valence-electron chi connectivity index (χ2n) is 4.35. The summed E-state index contributed by atoms with van der Waals surface area (Å²) < 4.78 is 19.7. The number of aromatic nitrogens is 2. The Kier molecular flexibility index (Phi) is 5.16. The quantitative estimate of drug-likeness (QED) is 0.864. The smallest absolute Gasteiger partial charge is 0.408 e. The molecule has 2 rings (SSSR count). The Balaban J connectivity index is 2.25. The number of hydrogen-bond donors (Lipinski definition) is 1. The van der Waals surface area contributed by atoms with Crippen LogP contribution in [-0.4, -0.2) is 28.1 Å². The summed E-state index contributed by atoms with van der Waals surface area (Å²) in [5, 5.41) is 2.71. The van der Waals surface area contributed by atoms with Crippen molar-refractivity contribution in [1.82, 2.24) is 14.9 Å². The lowest BCUT2D eigenvalue weighted by atomic mass is 10.1.